The number of hydrogen-bond donors (Lipinski definition) is 2. The van der Waals surface area contributed by atoms with Gasteiger partial charge in [-0.3, -0.25) is 9.59 Å². The van der Waals surface area contributed by atoms with Crippen LogP contribution < -0.4 is 5.32 Å². The van der Waals surface area contributed by atoms with Crippen LogP contribution in [0.2, 0.25) is 0 Å². The maximum absolute atomic E-state index is 12.6. The highest BCUT2D eigenvalue weighted by Gasteiger charge is 2.36. The second-order valence-electron chi connectivity index (χ2n) is 7.61. The number of esters is 1. The molecule has 0 spiro atoms. The summed E-state index contributed by atoms with van der Waals surface area (Å²) in [5, 5.41) is 12.8. The van der Waals surface area contributed by atoms with Crippen LogP contribution in [0.15, 0.2) is 30.3 Å². The van der Waals surface area contributed by atoms with Gasteiger partial charge in [-0.25, -0.2) is 9.59 Å². The lowest BCUT2D eigenvalue weighted by Gasteiger charge is -2.23. The van der Waals surface area contributed by atoms with Crippen molar-refractivity contribution in [3.63, 3.8) is 0 Å². The van der Waals surface area contributed by atoms with Gasteiger partial charge in [0.1, 0.15) is 5.60 Å². The van der Waals surface area contributed by atoms with E-state index in [0.29, 0.717) is 10.6 Å². The Hall–Kier alpha value is -3.14. The van der Waals surface area contributed by atoms with Gasteiger partial charge in [0.15, 0.2) is 6.23 Å². The molecule has 1 aliphatic heterocycles. The molecule has 10 nitrogen and oxygen atoms in total. The van der Waals surface area contributed by atoms with E-state index in [2.05, 4.69) is 5.32 Å². The van der Waals surface area contributed by atoms with Crippen molar-refractivity contribution in [2.45, 2.75) is 58.0 Å². The Morgan fingerprint density at radius 1 is 1.23 bits per heavy atom. The third-order valence-electron chi connectivity index (χ3n) is 3.88. The van der Waals surface area contributed by atoms with Gasteiger partial charge < -0.3 is 24.7 Å². The third-order valence-corrected chi connectivity index (χ3v) is 3.88. The number of aliphatic hydroxyl groups is 1. The quantitative estimate of drug-likeness (QED) is 0.633. The molecule has 2 rings (SSSR count). The Labute approximate surface area is 174 Å². The molecule has 1 saturated heterocycles. The van der Waals surface area contributed by atoms with Crippen LogP contribution in [-0.4, -0.2) is 52.5 Å². The van der Waals surface area contributed by atoms with Crippen molar-refractivity contribution in [3.8, 4) is 0 Å². The monoisotopic (exact) mass is 422 g/mol. The van der Waals surface area contributed by atoms with E-state index >= 15 is 0 Å². The number of nitrogens with one attached hydrogen (secondary N) is 1. The lowest BCUT2D eigenvalue weighted by Crippen LogP contribution is -2.38. The van der Waals surface area contributed by atoms with Crippen LogP contribution in [0.25, 0.3) is 0 Å². The fraction of sp³-hybridized carbons (Fsp3) is 0.500. The molecule has 164 valence electrons. The van der Waals surface area contributed by atoms with E-state index in [1.54, 1.807) is 51.1 Å². The number of alkyl carbamates (subject to hydrolysis) is 1. The number of hydrogen-bond acceptors (Lipinski definition) is 8. The second-order valence-corrected chi connectivity index (χ2v) is 7.61. The van der Waals surface area contributed by atoms with E-state index in [1.807, 2.05) is 0 Å². The van der Waals surface area contributed by atoms with Gasteiger partial charge in [-0.05, 0) is 20.8 Å². The van der Waals surface area contributed by atoms with Gasteiger partial charge in [0.25, 0.3) is 5.91 Å². The van der Waals surface area contributed by atoms with Crippen LogP contribution in [0.3, 0.4) is 0 Å². The van der Waals surface area contributed by atoms with Gasteiger partial charge in [0.05, 0.1) is 6.42 Å². The molecular formula is C20H26N2O8. The number of carbonyl (C=O) groups is 4. The smallest absolute Gasteiger partial charge is 0.407 e. The first-order chi connectivity index (χ1) is 14.1. The van der Waals surface area contributed by atoms with E-state index in [9.17, 15) is 24.3 Å². The Balaban J connectivity index is 1.97. The average molecular weight is 422 g/mol. The highest BCUT2D eigenvalue weighted by Crippen LogP contribution is 2.23. The molecule has 0 aliphatic carbocycles. The molecule has 30 heavy (non-hydrogen) atoms. The van der Waals surface area contributed by atoms with E-state index in [-0.39, 0.29) is 25.8 Å². The molecule has 1 unspecified atom stereocenters. The summed E-state index contributed by atoms with van der Waals surface area (Å²) in [4.78, 5) is 53.1. The van der Waals surface area contributed by atoms with Crippen LogP contribution in [0.1, 0.15) is 51.7 Å². The Morgan fingerprint density at radius 3 is 2.47 bits per heavy atom. The number of carbonyl (C=O) groups excluding carboxylic acids is 4. The maximum atomic E-state index is 12.6. The van der Waals surface area contributed by atoms with E-state index in [4.69, 9.17) is 14.3 Å². The molecule has 0 bridgehead atoms. The van der Waals surface area contributed by atoms with Crippen molar-refractivity contribution in [1.29, 1.82) is 0 Å². The molecule has 1 heterocycles. The van der Waals surface area contributed by atoms with Gasteiger partial charge >= 0.3 is 18.0 Å². The summed E-state index contributed by atoms with van der Waals surface area (Å²) in [6.07, 6.45) is -3.41. The van der Waals surface area contributed by atoms with Gasteiger partial charge in [-0.2, -0.15) is 0 Å². The lowest BCUT2D eigenvalue weighted by molar-refractivity contribution is -0.228. The van der Waals surface area contributed by atoms with E-state index in [1.165, 1.54) is 0 Å². The van der Waals surface area contributed by atoms with Crippen molar-refractivity contribution in [2.75, 3.05) is 6.54 Å². The molecule has 10 heteroatoms. The van der Waals surface area contributed by atoms with Crippen molar-refractivity contribution in [1.82, 2.24) is 10.4 Å². The van der Waals surface area contributed by atoms with Gasteiger partial charge in [-0.1, -0.05) is 30.3 Å². The van der Waals surface area contributed by atoms with Crippen LogP contribution in [0.4, 0.5) is 4.79 Å². The highest BCUT2D eigenvalue weighted by molar-refractivity contribution is 5.83. The predicted molar refractivity (Wildman–Crippen MR) is 102 cm³/mol. The first kappa shape index (κ1) is 23.1. The molecule has 1 aromatic carbocycles. The van der Waals surface area contributed by atoms with Crippen LogP contribution in [0, 0.1) is 0 Å². The van der Waals surface area contributed by atoms with Crippen LogP contribution in [-0.2, 0) is 28.7 Å². The number of rotatable bonds is 7. The van der Waals surface area contributed by atoms with Crippen molar-refractivity contribution < 1.29 is 38.6 Å². The zero-order chi connectivity index (χ0) is 22.3. The summed E-state index contributed by atoms with van der Waals surface area (Å²) >= 11 is 0. The minimum Gasteiger partial charge on any atom is -0.445 e. The van der Waals surface area contributed by atoms with E-state index < -0.39 is 41.9 Å². The normalized spacial score (nSPS) is 17.3. The maximum Gasteiger partial charge on any atom is 0.407 e. The molecule has 0 saturated carbocycles. The standard InChI is InChI=1S/C20H26N2O8/c1-20(2,3)29-19(27)21-12-11-16(25)28-17(13-7-5-4-6-8-13)18(26)30-22-14(23)9-10-15(22)24/h4-8,14,17,23H,9-12H2,1-3H3,(H,21,27)/t14?,17-/m0/s1. The number of hydroxylamine groups is 2. The van der Waals surface area contributed by atoms with Gasteiger partial charge in [0, 0.05) is 24.9 Å². The molecule has 2 amide bonds. The Morgan fingerprint density at radius 2 is 1.90 bits per heavy atom. The van der Waals surface area contributed by atoms with Crippen LogP contribution in [0.5, 0.6) is 0 Å². The van der Waals surface area contributed by atoms with Crippen molar-refractivity contribution in [3.05, 3.63) is 35.9 Å². The number of amides is 2. The lowest BCUT2D eigenvalue weighted by atomic mass is 10.1. The zero-order valence-corrected chi connectivity index (χ0v) is 17.1. The first-order valence-corrected chi connectivity index (χ1v) is 9.50. The van der Waals surface area contributed by atoms with Gasteiger partial charge in [-0.15, -0.1) is 5.06 Å². The van der Waals surface area contributed by atoms with Gasteiger partial charge in [0.2, 0.25) is 6.10 Å². The minimum absolute atomic E-state index is 0.0422. The van der Waals surface area contributed by atoms with Crippen molar-refractivity contribution in [2.24, 2.45) is 0 Å². The summed E-state index contributed by atoms with van der Waals surface area (Å²) in [5.41, 5.74) is -0.346. The number of aliphatic hydroxyl groups excluding tert-OH is 1. The summed E-state index contributed by atoms with van der Waals surface area (Å²) < 4.78 is 10.3. The fourth-order valence-corrected chi connectivity index (χ4v) is 2.55. The third kappa shape index (κ3) is 7.03. The molecular weight excluding hydrogens is 396 g/mol. The molecule has 2 N–H and O–H groups in total. The number of ether oxygens (including phenoxy) is 2. The number of benzene rings is 1. The Bertz CT molecular complexity index is 775. The summed E-state index contributed by atoms with van der Waals surface area (Å²) in [7, 11) is 0. The van der Waals surface area contributed by atoms with Crippen LogP contribution >= 0.6 is 0 Å². The molecule has 2 atom stereocenters. The predicted octanol–water partition coefficient (Wildman–Crippen LogP) is 1.58. The molecule has 1 aromatic rings. The molecule has 0 radical (unpaired) electrons. The largest absolute Gasteiger partial charge is 0.445 e. The second kappa shape index (κ2) is 10.1. The van der Waals surface area contributed by atoms with Crippen molar-refractivity contribution >= 4 is 23.9 Å². The highest BCUT2D eigenvalue weighted by atomic mass is 16.7. The summed E-state index contributed by atoms with van der Waals surface area (Å²) in [6, 6.07) is 8.11. The molecule has 0 aromatic heterocycles. The minimum atomic E-state index is -1.44. The summed E-state index contributed by atoms with van der Waals surface area (Å²) in [6.45, 7) is 5.06. The SMILES string of the molecule is CC(C)(C)OC(=O)NCCC(=O)O[C@H](C(=O)ON1C(=O)CCC1O)c1ccccc1. The molecule has 1 fully saturated rings. The number of nitrogens with zero attached hydrogens (tertiary/aromatic N) is 1. The Kier molecular flexibility index (Phi) is 7.76. The summed E-state index contributed by atoms with van der Waals surface area (Å²) in [5.74, 6) is -2.34. The zero-order valence-electron chi connectivity index (χ0n) is 17.1. The fourth-order valence-electron chi connectivity index (χ4n) is 2.55. The first-order valence-electron chi connectivity index (χ1n) is 9.50. The topological polar surface area (TPSA) is 131 Å². The van der Waals surface area contributed by atoms with E-state index in [0.717, 1.165) is 0 Å². The average Bonchev–Trinajstić information content (AvgIpc) is 2.97. The molecule has 1 aliphatic rings.